The molecule has 2 aromatic carbocycles. The summed E-state index contributed by atoms with van der Waals surface area (Å²) in [4.78, 5) is 4.19. The van der Waals surface area contributed by atoms with Crippen LogP contribution in [-0.4, -0.2) is 21.3 Å². The summed E-state index contributed by atoms with van der Waals surface area (Å²) in [5.74, 6) is -0.260. The number of benzene rings is 2. The van der Waals surface area contributed by atoms with E-state index in [4.69, 9.17) is 10.8 Å². The van der Waals surface area contributed by atoms with Crippen LogP contribution in [0.2, 0.25) is 0 Å². The minimum atomic E-state index is -0.359. The van der Waals surface area contributed by atoms with Gasteiger partial charge in [0.25, 0.3) is 0 Å². The van der Waals surface area contributed by atoms with Gasteiger partial charge in [0, 0.05) is 35.8 Å². The van der Waals surface area contributed by atoms with Crippen LogP contribution >= 0.6 is 0 Å². The van der Waals surface area contributed by atoms with Crippen molar-refractivity contribution in [3.8, 4) is 22.4 Å². The number of pyridine rings is 1. The summed E-state index contributed by atoms with van der Waals surface area (Å²) in [6.45, 7) is 4.66. The third-order valence-corrected chi connectivity index (χ3v) is 5.86. The van der Waals surface area contributed by atoms with Crippen LogP contribution in [0.4, 0.5) is 4.39 Å². The molecule has 0 aliphatic carbocycles. The summed E-state index contributed by atoms with van der Waals surface area (Å²) < 4.78 is 15.7. The van der Waals surface area contributed by atoms with E-state index in [-0.39, 0.29) is 11.4 Å². The first-order valence-electron chi connectivity index (χ1n) is 11.0. The van der Waals surface area contributed by atoms with Gasteiger partial charge in [-0.1, -0.05) is 30.3 Å². The lowest BCUT2D eigenvalue weighted by atomic mass is 9.95. The Balaban J connectivity index is 1.83. The van der Waals surface area contributed by atoms with Crippen LogP contribution in [0.3, 0.4) is 0 Å². The van der Waals surface area contributed by atoms with Gasteiger partial charge in [0.1, 0.15) is 11.5 Å². The smallest absolute Gasteiger partial charge is 0.123 e. The Bertz CT molecular complexity index is 1150. The van der Waals surface area contributed by atoms with Crippen molar-refractivity contribution in [1.29, 1.82) is 0 Å². The molecule has 2 N–H and O–H groups in total. The van der Waals surface area contributed by atoms with Crippen LogP contribution in [0.5, 0.6) is 0 Å². The number of hydrogen-bond acceptors (Lipinski definition) is 3. The van der Waals surface area contributed by atoms with Crippen LogP contribution in [-0.2, 0) is 18.4 Å². The van der Waals surface area contributed by atoms with Gasteiger partial charge in [0.2, 0.25) is 0 Å². The molecule has 0 saturated carbocycles. The number of rotatable bonds is 8. The number of nitrogens with two attached hydrogens (primary N) is 1. The topological polar surface area (TPSA) is 56.7 Å². The second-order valence-electron chi connectivity index (χ2n) is 8.68. The third-order valence-electron chi connectivity index (χ3n) is 5.86. The van der Waals surface area contributed by atoms with E-state index in [0.717, 1.165) is 47.3 Å². The van der Waals surface area contributed by atoms with Gasteiger partial charge in [0.15, 0.2) is 0 Å². The molecule has 0 aliphatic rings. The third kappa shape index (κ3) is 4.63. The minimum absolute atomic E-state index is 0.260. The Morgan fingerprint density at radius 1 is 0.875 bits per heavy atom. The van der Waals surface area contributed by atoms with Crippen LogP contribution in [0.1, 0.15) is 31.5 Å². The van der Waals surface area contributed by atoms with E-state index in [0.29, 0.717) is 6.54 Å². The van der Waals surface area contributed by atoms with Crippen molar-refractivity contribution in [3.63, 3.8) is 0 Å². The van der Waals surface area contributed by atoms with Crippen molar-refractivity contribution in [1.82, 2.24) is 14.8 Å². The Morgan fingerprint density at radius 3 is 2.22 bits per heavy atom. The van der Waals surface area contributed by atoms with E-state index in [1.807, 2.05) is 18.2 Å². The summed E-state index contributed by atoms with van der Waals surface area (Å²) in [6.07, 6.45) is 6.41. The predicted molar refractivity (Wildman–Crippen MR) is 128 cm³/mol. The Kier molecular flexibility index (Phi) is 6.47. The Labute approximate surface area is 188 Å². The van der Waals surface area contributed by atoms with Gasteiger partial charge in [0.05, 0.1) is 5.54 Å². The molecule has 4 aromatic rings. The normalized spacial score (nSPS) is 11.6. The molecule has 0 fully saturated rings. The molecule has 4 nitrogen and oxygen atoms in total. The number of aryl methyl sites for hydroxylation is 1. The molecule has 164 valence electrons. The zero-order valence-electron chi connectivity index (χ0n) is 18.6. The number of nitrogens with zero attached hydrogens (tertiary/aromatic N) is 3. The molecule has 2 heterocycles. The fourth-order valence-electron chi connectivity index (χ4n) is 4.01. The second kappa shape index (κ2) is 9.45. The second-order valence-corrected chi connectivity index (χ2v) is 8.68. The molecule has 32 heavy (non-hydrogen) atoms. The van der Waals surface area contributed by atoms with E-state index in [2.05, 4.69) is 47.8 Å². The summed E-state index contributed by atoms with van der Waals surface area (Å²) in [6, 6.07) is 21.1. The Morgan fingerprint density at radius 2 is 1.56 bits per heavy atom. The first-order chi connectivity index (χ1) is 15.5. The number of halogens is 1. The standard InChI is InChI=1S/C27H29FN4/c1-27(2,19-29)32-24(10-6-9-20-7-4-3-5-8-20)25(21-15-17-30-18-16-21)26(31-32)22-11-13-23(28)14-12-22/h3-5,7-8,11-18H,6,9-10,19,29H2,1-2H3. The molecule has 0 amide bonds. The van der Waals surface area contributed by atoms with Gasteiger partial charge < -0.3 is 5.73 Å². The summed E-state index contributed by atoms with van der Waals surface area (Å²) in [5, 5.41) is 5.05. The minimum Gasteiger partial charge on any atom is -0.328 e. The maximum absolute atomic E-state index is 13.6. The van der Waals surface area contributed by atoms with E-state index < -0.39 is 0 Å². The highest BCUT2D eigenvalue weighted by Crippen LogP contribution is 2.37. The summed E-state index contributed by atoms with van der Waals surface area (Å²) in [5.41, 5.74) is 12.1. The average molecular weight is 429 g/mol. The quantitative estimate of drug-likeness (QED) is 0.396. The van der Waals surface area contributed by atoms with Crippen molar-refractivity contribution in [2.75, 3.05) is 6.54 Å². The molecule has 5 heteroatoms. The maximum atomic E-state index is 13.6. The zero-order valence-corrected chi connectivity index (χ0v) is 18.6. The molecular weight excluding hydrogens is 399 g/mol. The molecule has 4 rings (SSSR count). The van der Waals surface area contributed by atoms with Gasteiger partial charge in [-0.05, 0) is 80.6 Å². The average Bonchev–Trinajstić information content (AvgIpc) is 3.21. The summed E-state index contributed by atoms with van der Waals surface area (Å²) >= 11 is 0. The van der Waals surface area contributed by atoms with Gasteiger partial charge in [-0.15, -0.1) is 0 Å². The summed E-state index contributed by atoms with van der Waals surface area (Å²) in [7, 11) is 0. The zero-order chi connectivity index (χ0) is 22.6. The first kappa shape index (κ1) is 21.9. The van der Waals surface area contributed by atoms with E-state index >= 15 is 0 Å². The van der Waals surface area contributed by atoms with Crippen LogP contribution in [0.15, 0.2) is 79.1 Å². The number of hydrogen-bond donors (Lipinski definition) is 1. The van der Waals surface area contributed by atoms with Crippen molar-refractivity contribution < 1.29 is 4.39 Å². The molecule has 0 unspecified atom stereocenters. The molecule has 0 aliphatic heterocycles. The highest BCUT2D eigenvalue weighted by atomic mass is 19.1. The lowest BCUT2D eigenvalue weighted by Gasteiger charge is -2.26. The van der Waals surface area contributed by atoms with Crippen molar-refractivity contribution in [2.45, 2.75) is 38.6 Å². The van der Waals surface area contributed by atoms with Crippen molar-refractivity contribution >= 4 is 0 Å². The molecule has 0 saturated heterocycles. The molecule has 0 spiro atoms. The lowest BCUT2D eigenvalue weighted by Crippen LogP contribution is -2.37. The van der Waals surface area contributed by atoms with Crippen molar-refractivity contribution in [2.24, 2.45) is 5.73 Å². The van der Waals surface area contributed by atoms with Gasteiger partial charge in [-0.3, -0.25) is 9.67 Å². The largest absolute Gasteiger partial charge is 0.328 e. The highest BCUT2D eigenvalue weighted by molar-refractivity contribution is 5.82. The SMILES string of the molecule is CC(C)(CN)n1nc(-c2ccc(F)cc2)c(-c2ccncc2)c1CCCc1ccccc1. The van der Waals surface area contributed by atoms with Gasteiger partial charge in [-0.2, -0.15) is 5.10 Å². The molecule has 2 aromatic heterocycles. The van der Waals surface area contributed by atoms with Crippen LogP contribution in [0, 0.1) is 5.82 Å². The number of aromatic nitrogens is 3. The van der Waals surface area contributed by atoms with E-state index in [1.54, 1.807) is 24.5 Å². The highest BCUT2D eigenvalue weighted by Gasteiger charge is 2.28. The fourth-order valence-corrected chi connectivity index (χ4v) is 4.01. The van der Waals surface area contributed by atoms with Crippen LogP contribution in [0.25, 0.3) is 22.4 Å². The Hall–Kier alpha value is -3.31. The fraction of sp³-hybridized carbons (Fsp3) is 0.259. The lowest BCUT2D eigenvalue weighted by molar-refractivity contribution is 0.319. The van der Waals surface area contributed by atoms with E-state index in [9.17, 15) is 4.39 Å². The predicted octanol–water partition coefficient (Wildman–Crippen LogP) is 5.62. The van der Waals surface area contributed by atoms with Gasteiger partial charge >= 0.3 is 0 Å². The molecule has 0 radical (unpaired) electrons. The molecule has 0 atom stereocenters. The first-order valence-corrected chi connectivity index (χ1v) is 11.0. The van der Waals surface area contributed by atoms with E-state index in [1.165, 1.54) is 17.7 Å². The van der Waals surface area contributed by atoms with Crippen LogP contribution < -0.4 is 5.73 Å². The molecular formula is C27H29FN4. The monoisotopic (exact) mass is 428 g/mol. The van der Waals surface area contributed by atoms with Crippen molar-refractivity contribution in [3.05, 3.63) is 96.2 Å². The molecule has 0 bridgehead atoms. The maximum Gasteiger partial charge on any atom is 0.123 e. The van der Waals surface area contributed by atoms with Gasteiger partial charge in [-0.25, -0.2) is 4.39 Å².